The highest BCUT2D eigenvalue weighted by molar-refractivity contribution is 9.10. The van der Waals surface area contributed by atoms with E-state index in [1.165, 1.54) is 0 Å². The summed E-state index contributed by atoms with van der Waals surface area (Å²) in [7, 11) is 0. The third kappa shape index (κ3) is 5.52. The lowest BCUT2D eigenvalue weighted by Crippen LogP contribution is -2.42. The Hall–Kier alpha value is -1.23. The Morgan fingerprint density at radius 3 is 2.41 bits per heavy atom. The number of piperidine rings is 1. The van der Waals surface area contributed by atoms with Crippen LogP contribution in [0.25, 0.3) is 0 Å². The van der Waals surface area contributed by atoms with Crippen molar-refractivity contribution in [3.8, 4) is 0 Å². The summed E-state index contributed by atoms with van der Waals surface area (Å²) >= 11 is 3.44. The topological polar surface area (TPSA) is 41.6 Å². The van der Waals surface area contributed by atoms with Crippen LogP contribution in [-0.4, -0.2) is 36.2 Å². The van der Waals surface area contributed by atoms with Gasteiger partial charge in [0.1, 0.15) is 5.60 Å². The lowest BCUT2D eigenvalue weighted by molar-refractivity contribution is 0.0188. The monoisotopic (exact) mass is 368 g/mol. The summed E-state index contributed by atoms with van der Waals surface area (Å²) in [6.45, 7) is 8.21. The average molecular weight is 369 g/mol. The van der Waals surface area contributed by atoms with Crippen molar-refractivity contribution in [2.24, 2.45) is 5.92 Å². The summed E-state index contributed by atoms with van der Waals surface area (Å²) in [5, 5.41) is 3.47. The summed E-state index contributed by atoms with van der Waals surface area (Å²) in [5.74, 6) is 0.599. The van der Waals surface area contributed by atoms with Gasteiger partial charge in [0, 0.05) is 29.8 Å². The zero-order chi connectivity index (χ0) is 16.2. The SMILES string of the molecule is CC(C)(C)OC(=O)N1CCC(CNc2ccc(Br)cc2)CC1. The fourth-order valence-electron chi connectivity index (χ4n) is 2.48. The maximum atomic E-state index is 12.0. The van der Waals surface area contributed by atoms with Crippen LogP contribution in [0, 0.1) is 5.92 Å². The van der Waals surface area contributed by atoms with Crippen molar-refractivity contribution in [2.75, 3.05) is 25.0 Å². The number of halogens is 1. The summed E-state index contributed by atoms with van der Waals surface area (Å²) in [6.07, 6.45) is 1.85. The van der Waals surface area contributed by atoms with Crippen LogP contribution in [0.2, 0.25) is 0 Å². The first kappa shape index (κ1) is 17.1. The van der Waals surface area contributed by atoms with E-state index in [1.54, 1.807) is 0 Å². The molecule has 0 aromatic heterocycles. The smallest absolute Gasteiger partial charge is 0.410 e. The van der Waals surface area contributed by atoms with Crippen molar-refractivity contribution in [1.29, 1.82) is 0 Å². The summed E-state index contributed by atoms with van der Waals surface area (Å²) in [6, 6.07) is 8.21. The van der Waals surface area contributed by atoms with Gasteiger partial charge in [0.15, 0.2) is 0 Å². The molecule has 1 aliphatic heterocycles. The second kappa shape index (κ2) is 7.36. The number of carbonyl (C=O) groups excluding carboxylic acids is 1. The third-order valence-electron chi connectivity index (χ3n) is 3.71. The Labute approximate surface area is 141 Å². The number of anilines is 1. The highest BCUT2D eigenvalue weighted by Gasteiger charge is 2.26. The molecule has 1 aromatic carbocycles. The normalized spacial score (nSPS) is 16.5. The fraction of sp³-hybridized carbons (Fsp3) is 0.588. The molecule has 2 rings (SSSR count). The van der Waals surface area contributed by atoms with Gasteiger partial charge in [0.25, 0.3) is 0 Å². The molecule has 1 aromatic rings. The van der Waals surface area contributed by atoms with Gasteiger partial charge in [-0.25, -0.2) is 4.79 Å². The van der Waals surface area contributed by atoms with Crippen molar-refractivity contribution in [3.63, 3.8) is 0 Å². The van der Waals surface area contributed by atoms with Crippen LogP contribution in [-0.2, 0) is 4.74 Å². The zero-order valence-corrected chi connectivity index (χ0v) is 15.1. The number of rotatable bonds is 3. The van der Waals surface area contributed by atoms with Gasteiger partial charge in [-0.3, -0.25) is 0 Å². The Bertz CT molecular complexity index is 488. The first-order valence-electron chi connectivity index (χ1n) is 7.81. The molecule has 0 saturated carbocycles. The van der Waals surface area contributed by atoms with E-state index in [0.29, 0.717) is 5.92 Å². The number of ether oxygens (including phenoxy) is 1. The van der Waals surface area contributed by atoms with E-state index in [0.717, 1.165) is 42.6 Å². The number of likely N-dealkylation sites (tertiary alicyclic amines) is 1. The molecule has 0 radical (unpaired) electrons. The molecule has 0 aliphatic carbocycles. The number of carbonyl (C=O) groups is 1. The predicted molar refractivity (Wildman–Crippen MR) is 93.2 cm³/mol. The molecule has 1 heterocycles. The van der Waals surface area contributed by atoms with Gasteiger partial charge >= 0.3 is 6.09 Å². The molecule has 22 heavy (non-hydrogen) atoms. The third-order valence-corrected chi connectivity index (χ3v) is 4.23. The lowest BCUT2D eigenvalue weighted by Gasteiger charge is -2.33. The van der Waals surface area contributed by atoms with Crippen molar-refractivity contribution in [1.82, 2.24) is 4.90 Å². The molecule has 1 saturated heterocycles. The highest BCUT2D eigenvalue weighted by atomic mass is 79.9. The number of hydrogen-bond acceptors (Lipinski definition) is 3. The Morgan fingerprint density at radius 1 is 1.27 bits per heavy atom. The summed E-state index contributed by atoms with van der Waals surface area (Å²) in [5.41, 5.74) is 0.717. The second-order valence-electron chi connectivity index (χ2n) is 6.80. The quantitative estimate of drug-likeness (QED) is 0.853. The average Bonchev–Trinajstić information content (AvgIpc) is 2.45. The van der Waals surface area contributed by atoms with Crippen LogP contribution >= 0.6 is 15.9 Å². The van der Waals surface area contributed by atoms with Gasteiger partial charge in [0.05, 0.1) is 0 Å². The van der Waals surface area contributed by atoms with E-state index in [4.69, 9.17) is 4.74 Å². The minimum absolute atomic E-state index is 0.188. The van der Waals surface area contributed by atoms with Crippen molar-refractivity contribution in [2.45, 2.75) is 39.2 Å². The first-order chi connectivity index (χ1) is 10.3. The number of benzene rings is 1. The molecule has 0 spiro atoms. The van der Waals surface area contributed by atoms with E-state index in [-0.39, 0.29) is 6.09 Å². The Kier molecular flexibility index (Phi) is 5.73. The van der Waals surface area contributed by atoms with Gasteiger partial charge in [-0.2, -0.15) is 0 Å². The largest absolute Gasteiger partial charge is 0.444 e. The van der Waals surface area contributed by atoms with Gasteiger partial charge in [-0.15, -0.1) is 0 Å². The second-order valence-corrected chi connectivity index (χ2v) is 7.71. The first-order valence-corrected chi connectivity index (χ1v) is 8.60. The summed E-state index contributed by atoms with van der Waals surface area (Å²) in [4.78, 5) is 13.8. The summed E-state index contributed by atoms with van der Waals surface area (Å²) < 4.78 is 6.51. The van der Waals surface area contributed by atoms with Crippen molar-refractivity contribution in [3.05, 3.63) is 28.7 Å². The Balaban J connectivity index is 1.73. The van der Waals surface area contributed by atoms with E-state index < -0.39 is 5.60 Å². The van der Waals surface area contributed by atoms with Crippen LogP contribution in [0.5, 0.6) is 0 Å². The van der Waals surface area contributed by atoms with E-state index in [1.807, 2.05) is 37.8 Å². The van der Waals surface area contributed by atoms with Crippen LogP contribution in [0.3, 0.4) is 0 Å². The zero-order valence-electron chi connectivity index (χ0n) is 13.6. The fourth-order valence-corrected chi connectivity index (χ4v) is 2.74. The number of nitrogens with zero attached hydrogens (tertiary/aromatic N) is 1. The van der Waals surface area contributed by atoms with Crippen LogP contribution < -0.4 is 5.32 Å². The van der Waals surface area contributed by atoms with Gasteiger partial charge in [-0.1, -0.05) is 15.9 Å². The van der Waals surface area contributed by atoms with Gasteiger partial charge < -0.3 is 15.0 Å². The standard InChI is InChI=1S/C17H25BrN2O2/c1-17(2,3)22-16(21)20-10-8-13(9-11-20)12-19-15-6-4-14(18)5-7-15/h4-7,13,19H,8-12H2,1-3H3. The van der Waals surface area contributed by atoms with Gasteiger partial charge in [0.2, 0.25) is 0 Å². The highest BCUT2D eigenvalue weighted by Crippen LogP contribution is 2.21. The Morgan fingerprint density at radius 2 is 1.86 bits per heavy atom. The van der Waals surface area contributed by atoms with Crippen LogP contribution in [0.1, 0.15) is 33.6 Å². The molecule has 1 amide bonds. The number of amides is 1. The molecule has 122 valence electrons. The molecular weight excluding hydrogens is 344 g/mol. The van der Waals surface area contributed by atoms with E-state index in [2.05, 4.69) is 33.4 Å². The molecule has 0 atom stereocenters. The number of nitrogens with one attached hydrogen (secondary N) is 1. The molecule has 1 fully saturated rings. The lowest BCUT2D eigenvalue weighted by atomic mass is 9.97. The molecule has 4 nitrogen and oxygen atoms in total. The minimum Gasteiger partial charge on any atom is -0.444 e. The molecule has 1 N–H and O–H groups in total. The molecular formula is C17H25BrN2O2. The molecule has 1 aliphatic rings. The predicted octanol–water partition coefficient (Wildman–Crippen LogP) is 4.51. The van der Waals surface area contributed by atoms with E-state index >= 15 is 0 Å². The van der Waals surface area contributed by atoms with Crippen molar-refractivity contribution < 1.29 is 9.53 Å². The maximum Gasteiger partial charge on any atom is 0.410 e. The minimum atomic E-state index is -0.420. The molecule has 5 heteroatoms. The van der Waals surface area contributed by atoms with Crippen LogP contribution in [0.15, 0.2) is 28.7 Å². The number of hydrogen-bond donors (Lipinski definition) is 1. The molecule has 0 unspecified atom stereocenters. The van der Waals surface area contributed by atoms with E-state index in [9.17, 15) is 4.79 Å². The van der Waals surface area contributed by atoms with Crippen molar-refractivity contribution >= 4 is 27.7 Å². The van der Waals surface area contributed by atoms with Gasteiger partial charge in [-0.05, 0) is 63.8 Å². The maximum absolute atomic E-state index is 12.0. The molecule has 0 bridgehead atoms. The van der Waals surface area contributed by atoms with Crippen LogP contribution in [0.4, 0.5) is 10.5 Å².